The van der Waals surface area contributed by atoms with Crippen LogP contribution in [0.2, 0.25) is 0 Å². The van der Waals surface area contributed by atoms with Gasteiger partial charge in [-0.3, -0.25) is 4.79 Å². The molecule has 3 heteroatoms. The van der Waals surface area contributed by atoms with Crippen LogP contribution in [0.5, 0.6) is 0 Å². The van der Waals surface area contributed by atoms with Crippen LogP contribution >= 0.6 is 11.8 Å². The minimum absolute atomic E-state index is 0.137. The van der Waals surface area contributed by atoms with Crippen LogP contribution in [-0.4, -0.2) is 16.9 Å². The first-order valence-corrected chi connectivity index (χ1v) is 8.27. The highest BCUT2D eigenvalue weighted by atomic mass is 32.2. The highest BCUT2D eigenvalue weighted by Crippen LogP contribution is 2.28. The first-order chi connectivity index (χ1) is 9.25. The molecule has 0 bridgehead atoms. The summed E-state index contributed by atoms with van der Waals surface area (Å²) in [7, 11) is 0. The molecule has 0 aromatic heterocycles. The van der Waals surface area contributed by atoms with Crippen molar-refractivity contribution in [3.8, 4) is 0 Å². The number of hydrogen-bond donors (Lipinski definition) is 1. The number of rotatable bonds is 5. The van der Waals surface area contributed by atoms with Gasteiger partial charge in [0.2, 0.25) is 5.91 Å². The molecule has 1 saturated carbocycles. The molecule has 0 atom stereocenters. The molecule has 0 radical (unpaired) electrons. The number of hydrogen-bond acceptors (Lipinski definition) is 2. The number of amides is 1. The maximum Gasteiger partial charge on any atom is 0.225 e. The van der Waals surface area contributed by atoms with Crippen LogP contribution in [-0.2, 0) is 4.79 Å². The zero-order chi connectivity index (χ0) is 13.5. The van der Waals surface area contributed by atoms with Crippen LogP contribution in [0.1, 0.15) is 44.1 Å². The fourth-order valence-electron chi connectivity index (χ4n) is 2.48. The molecule has 0 unspecified atom stereocenters. The number of para-hydroxylation sites is 1. The lowest BCUT2D eigenvalue weighted by Crippen LogP contribution is -2.15. The summed E-state index contributed by atoms with van der Waals surface area (Å²) < 4.78 is 0. The molecule has 0 aliphatic heterocycles. The van der Waals surface area contributed by atoms with Crippen LogP contribution in [0.3, 0.4) is 0 Å². The lowest BCUT2D eigenvalue weighted by Gasteiger charge is -2.20. The van der Waals surface area contributed by atoms with Crippen LogP contribution in [0.15, 0.2) is 24.3 Å². The minimum atomic E-state index is 0.137. The third-order valence-corrected chi connectivity index (χ3v) is 5.04. The molecule has 104 valence electrons. The van der Waals surface area contributed by atoms with Gasteiger partial charge in [0.15, 0.2) is 0 Å². The summed E-state index contributed by atoms with van der Waals surface area (Å²) in [5, 5.41) is 3.79. The lowest BCUT2D eigenvalue weighted by molar-refractivity contribution is -0.115. The summed E-state index contributed by atoms with van der Waals surface area (Å²) in [6.45, 7) is 2.02. The van der Waals surface area contributed by atoms with Gasteiger partial charge in [0.05, 0.1) is 0 Å². The number of nitrogens with one attached hydrogen (secondary N) is 1. The van der Waals surface area contributed by atoms with Crippen LogP contribution < -0.4 is 5.32 Å². The SMILES string of the molecule is Cc1ccccc1NC(=O)CCSC1CCCCC1. The van der Waals surface area contributed by atoms with E-state index in [1.54, 1.807) is 0 Å². The second kappa shape index (κ2) is 7.59. The Morgan fingerprint density at radius 3 is 2.74 bits per heavy atom. The Kier molecular flexibility index (Phi) is 5.77. The first-order valence-electron chi connectivity index (χ1n) is 7.23. The Morgan fingerprint density at radius 2 is 2.00 bits per heavy atom. The molecule has 0 spiro atoms. The highest BCUT2D eigenvalue weighted by molar-refractivity contribution is 7.99. The average molecular weight is 277 g/mol. The summed E-state index contributed by atoms with van der Waals surface area (Å²) >= 11 is 1.98. The van der Waals surface area contributed by atoms with E-state index in [-0.39, 0.29) is 5.91 Å². The van der Waals surface area contributed by atoms with E-state index in [4.69, 9.17) is 0 Å². The minimum Gasteiger partial charge on any atom is -0.326 e. The van der Waals surface area contributed by atoms with Gasteiger partial charge in [-0.1, -0.05) is 37.5 Å². The van der Waals surface area contributed by atoms with Crippen molar-refractivity contribution in [2.75, 3.05) is 11.1 Å². The van der Waals surface area contributed by atoms with E-state index >= 15 is 0 Å². The number of carbonyl (C=O) groups excluding carboxylic acids is 1. The van der Waals surface area contributed by atoms with E-state index in [0.29, 0.717) is 6.42 Å². The zero-order valence-corrected chi connectivity index (χ0v) is 12.5. The van der Waals surface area contributed by atoms with Crippen molar-refractivity contribution < 1.29 is 4.79 Å². The van der Waals surface area contributed by atoms with Gasteiger partial charge in [0, 0.05) is 23.1 Å². The van der Waals surface area contributed by atoms with E-state index < -0.39 is 0 Å². The van der Waals surface area contributed by atoms with Gasteiger partial charge in [-0.25, -0.2) is 0 Å². The Labute approximate surface area is 120 Å². The Hall–Kier alpha value is -0.960. The molecule has 1 N–H and O–H groups in total. The molecule has 0 heterocycles. The average Bonchev–Trinajstić information content (AvgIpc) is 2.43. The van der Waals surface area contributed by atoms with Gasteiger partial charge in [-0.15, -0.1) is 0 Å². The maximum absolute atomic E-state index is 11.9. The van der Waals surface area contributed by atoms with E-state index in [2.05, 4.69) is 5.32 Å². The third kappa shape index (κ3) is 4.90. The van der Waals surface area contributed by atoms with Crippen molar-refractivity contribution in [1.82, 2.24) is 0 Å². The molecule has 1 aliphatic carbocycles. The zero-order valence-electron chi connectivity index (χ0n) is 11.7. The fraction of sp³-hybridized carbons (Fsp3) is 0.562. The van der Waals surface area contributed by atoms with E-state index in [1.165, 1.54) is 32.1 Å². The van der Waals surface area contributed by atoms with Gasteiger partial charge in [-0.05, 0) is 31.4 Å². The summed E-state index contributed by atoms with van der Waals surface area (Å²) in [6, 6.07) is 7.93. The second-order valence-electron chi connectivity index (χ2n) is 5.24. The molecule has 1 aromatic rings. The quantitative estimate of drug-likeness (QED) is 0.865. The largest absolute Gasteiger partial charge is 0.326 e. The van der Waals surface area contributed by atoms with Gasteiger partial charge in [0.1, 0.15) is 0 Å². The number of carbonyl (C=O) groups is 1. The molecule has 1 amide bonds. The van der Waals surface area contributed by atoms with Gasteiger partial charge in [0.25, 0.3) is 0 Å². The molecule has 0 saturated heterocycles. The number of anilines is 1. The van der Waals surface area contributed by atoms with Crippen LogP contribution in [0.4, 0.5) is 5.69 Å². The van der Waals surface area contributed by atoms with Crippen molar-refractivity contribution in [1.29, 1.82) is 0 Å². The normalized spacial score (nSPS) is 16.3. The molecule has 1 aromatic carbocycles. The summed E-state index contributed by atoms with van der Waals surface area (Å²) in [5.74, 6) is 1.08. The van der Waals surface area contributed by atoms with Gasteiger partial charge < -0.3 is 5.32 Å². The van der Waals surface area contributed by atoms with Crippen molar-refractivity contribution in [2.45, 2.75) is 50.7 Å². The smallest absolute Gasteiger partial charge is 0.225 e. The molecule has 19 heavy (non-hydrogen) atoms. The van der Waals surface area contributed by atoms with Crippen molar-refractivity contribution >= 4 is 23.4 Å². The molecular weight excluding hydrogens is 254 g/mol. The molecular formula is C16H23NOS. The van der Waals surface area contributed by atoms with Crippen molar-refractivity contribution in [3.63, 3.8) is 0 Å². The Balaban J connectivity index is 1.68. The lowest BCUT2D eigenvalue weighted by atomic mass is 10.0. The van der Waals surface area contributed by atoms with Crippen molar-refractivity contribution in [2.24, 2.45) is 0 Å². The van der Waals surface area contributed by atoms with Crippen LogP contribution in [0.25, 0.3) is 0 Å². The Morgan fingerprint density at radius 1 is 1.26 bits per heavy atom. The molecule has 2 rings (SSSR count). The number of benzene rings is 1. The van der Waals surface area contributed by atoms with Crippen molar-refractivity contribution in [3.05, 3.63) is 29.8 Å². The monoisotopic (exact) mass is 277 g/mol. The maximum atomic E-state index is 11.9. The Bertz CT molecular complexity index is 413. The number of aryl methyl sites for hydroxylation is 1. The second-order valence-corrected chi connectivity index (χ2v) is 6.65. The van der Waals surface area contributed by atoms with E-state index in [9.17, 15) is 4.79 Å². The third-order valence-electron chi connectivity index (χ3n) is 3.65. The molecule has 1 fully saturated rings. The predicted molar refractivity (Wildman–Crippen MR) is 83.8 cm³/mol. The summed E-state index contributed by atoms with van der Waals surface area (Å²) in [4.78, 5) is 11.9. The first kappa shape index (κ1) is 14.4. The van der Waals surface area contributed by atoms with Gasteiger partial charge in [-0.2, -0.15) is 11.8 Å². The fourth-order valence-corrected chi connectivity index (χ4v) is 3.78. The summed E-state index contributed by atoms with van der Waals surface area (Å²) in [6.07, 6.45) is 7.43. The number of thioether (sulfide) groups is 1. The highest BCUT2D eigenvalue weighted by Gasteiger charge is 2.14. The van der Waals surface area contributed by atoms with E-state index in [1.807, 2.05) is 43.0 Å². The standard InChI is InChI=1S/C16H23NOS/c1-13-7-5-6-10-15(13)17-16(18)11-12-19-14-8-3-2-4-9-14/h5-7,10,14H,2-4,8-9,11-12H2,1H3,(H,17,18). The van der Waals surface area contributed by atoms with Gasteiger partial charge >= 0.3 is 0 Å². The molecule has 2 nitrogen and oxygen atoms in total. The summed E-state index contributed by atoms with van der Waals surface area (Å²) in [5.41, 5.74) is 2.06. The molecule has 1 aliphatic rings. The predicted octanol–water partition coefficient (Wildman–Crippen LogP) is 4.39. The van der Waals surface area contributed by atoms with E-state index in [0.717, 1.165) is 22.3 Å². The topological polar surface area (TPSA) is 29.1 Å². The van der Waals surface area contributed by atoms with Crippen LogP contribution in [0, 0.1) is 6.92 Å².